The molecule has 0 rings (SSSR count). The Kier molecular flexibility index (Phi) is 16.5. The minimum atomic E-state index is -3.56. The van der Waals surface area contributed by atoms with Gasteiger partial charge in [-0.3, -0.25) is 0 Å². The van der Waals surface area contributed by atoms with Gasteiger partial charge in [-0.2, -0.15) is 0 Å². The predicted molar refractivity (Wildman–Crippen MR) is 132 cm³/mol. The van der Waals surface area contributed by atoms with Crippen molar-refractivity contribution in [2.45, 2.75) is 112 Å². The van der Waals surface area contributed by atoms with Gasteiger partial charge in [-0.15, -0.1) is 0 Å². The quantitative estimate of drug-likeness (QED) is 0.128. The van der Waals surface area contributed by atoms with Gasteiger partial charge in [0.2, 0.25) is 0 Å². The van der Waals surface area contributed by atoms with Gasteiger partial charge < -0.3 is 0 Å². The second-order valence-corrected chi connectivity index (χ2v) is 16.3. The van der Waals surface area contributed by atoms with Crippen molar-refractivity contribution >= 4 is 14.7 Å². The molecule has 0 radical (unpaired) electrons. The molecule has 0 aliphatic heterocycles. The monoisotopic (exact) mass is 454 g/mol. The van der Waals surface area contributed by atoms with E-state index in [2.05, 4.69) is 41.5 Å². The number of unbranched alkanes of at least 4 members (excludes halogenated alkanes) is 5. The molecule has 0 heterocycles. The second-order valence-electron chi connectivity index (χ2n) is 8.72. The summed E-state index contributed by atoms with van der Waals surface area (Å²) in [6.45, 7) is 11.4. The topological polar surface area (TPSA) is 44.8 Å². The number of phosphoric ester groups is 1. The normalized spacial score (nSPS) is 14.1. The van der Waals surface area contributed by atoms with Crippen LogP contribution in [0.1, 0.15) is 112 Å². The van der Waals surface area contributed by atoms with Crippen molar-refractivity contribution in [2.75, 3.05) is 37.9 Å². The third-order valence-electron chi connectivity index (χ3n) is 5.85. The number of rotatable bonds is 21. The van der Waals surface area contributed by atoms with Crippen LogP contribution < -0.4 is 0 Å². The van der Waals surface area contributed by atoms with Crippen LogP contribution in [0, 0.1) is 0 Å². The molecule has 0 bridgehead atoms. The van der Waals surface area contributed by atoms with E-state index in [0.29, 0.717) is 13.2 Å². The fourth-order valence-electron chi connectivity index (χ4n) is 4.08. The molecule has 0 spiro atoms. The molecule has 0 unspecified atom stereocenters. The molecular weight excluding hydrogens is 402 g/mol. The summed E-state index contributed by atoms with van der Waals surface area (Å²) in [4.78, 5) is 0. The molecular formula is C23H52O4P2. The Labute approximate surface area is 182 Å². The predicted octanol–water partition coefficient (Wildman–Crippen LogP) is 9.02. The maximum absolute atomic E-state index is 13.9. The van der Waals surface area contributed by atoms with E-state index >= 15 is 0 Å². The third-order valence-corrected chi connectivity index (χ3v) is 15.4. The third kappa shape index (κ3) is 11.1. The number of hydrogen-bond acceptors (Lipinski definition) is 4. The van der Waals surface area contributed by atoms with E-state index in [1.165, 1.54) is 0 Å². The van der Waals surface area contributed by atoms with Gasteiger partial charge in [0.25, 0.3) is 0 Å². The molecule has 0 aliphatic carbocycles. The van der Waals surface area contributed by atoms with E-state index < -0.39 is 14.7 Å². The molecule has 0 aromatic carbocycles. The van der Waals surface area contributed by atoms with E-state index in [-0.39, 0.29) is 0 Å². The van der Waals surface area contributed by atoms with Crippen molar-refractivity contribution in [3.63, 3.8) is 0 Å². The van der Waals surface area contributed by atoms with Crippen LogP contribution in [0.3, 0.4) is 0 Å². The molecule has 0 aromatic rings. The van der Waals surface area contributed by atoms with Crippen LogP contribution in [0.25, 0.3) is 0 Å². The van der Waals surface area contributed by atoms with Crippen molar-refractivity contribution in [3.05, 3.63) is 0 Å². The summed E-state index contributed by atoms with van der Waals surface area (Å²) >= 11 is 0. The Morgan fingerprint density at radius 2 is 0.931 bits per heavy atom. The summed E-state index contributed by atoms with van der Waals surface area (Å²) in [5, 5.41) is 0. The van der Waals surface area contributed by atoms with Crippen LogP contribution in [-0.4, -0.2) is 37.9 Å². The summed E-state index contributed by atoms with van der Waals surface area (Å²) in [6.07, 6.45) is 15.9. The minimum absolute atomic E-state index is 0.452. The summed E-state index contributed by atoms with van der Waals surface area (Å²) in [7, 11) is -3.56. The number of hydrogen-bond donors (Lipinski definition) is 0. The first-order chi connectivity index (χ1) is 13.9. The number of phosphoric acid groups is 1. The Morgan fingerprint density at radius 1 is 0.552 bits per heavy atom. The summed E-state index contributed by atoms with van der Waals surface area (Å²) in [6, 6.07) is 0. The van der Waals surface area contributed by atoms with Crippen LogP contribution in [-0.2, 0) is 17.9 Å². The van der Waals surface area contributed by atoms with Crippen molar-refractivity contribution in [1.82, 2.24) is 0 Å². The zero-order valence-corrected chi connectivity index (χ0v) is 22.3. The van der Waals surface area contributed by atoms with Gasteiger partial charge in [0.15, 0.2) is 0 Å². The second kappa shape index (κ2) is 16.2. The van der Waals surface area contributed by atoms with Crippen LogP contribution in [0.2, 0.25) is 0 Å². The fraction of sp³-hybridized carbons (Fsp3) is 1.00. The first-order valence-corrected chi connectivity index (χ1v) is 16.9. The van der Waals surface area contributed by atoms with Gasteiger partial charge >= 0.3 is 183 Å². The molecule has 0 fully saturated rings. The molecule has 0 saturated heterocycles. The molecule has 4 nitrogen and oxygen atoms in total. The molecule has 0 N–H and O–H groups in total. The Bertz CT molecular complexity index is 404. The maximum atomic E-state index is 13.9. The van der Waals surface area contributed by atoms with Gasteiger partial charge in [0.1, 0.15) is 0 Å². The van der Waals surface area contributed by atoms with E-state index in [4.69, 9.17) is 13.4 Å². The Morgan fingerprint density at radius 3 is 1.24 bits per heavy atom. The zero-order chi connectivity index (χ0) is 22.1. The molecule has 178 valence electrons. The molecule has 29 heavy (non-hydrogen) atoms. The van der Waals surface area contributed by atoms with Gasteiger partial charge in [0, 0.05) is 0 Å². The van der Waals surface area contributed by atoms with E-state index in [0.717, 1.165) is 95.3 Å². The summed E-state index contributed by atoms with van der Waals surface area (Å²) in [5.74, 6) is 0. The van der Waals surface area contributed by atoms with Crippen LogP contribution in [0.15, 0.2) is 0 Å². The van der Waals surface area contributed by atoms with Crippen LogP contribution in [0.4, 0.5) is 0 Å². The van der Waals surface area contributed by atoms with Crippen LogP contribution >= 0.6 is 14.7 Å². The first-order valence-electron chi connectivity index (χ1n) is 12.5. The standard InChI is InChI=1S/C23H52O4P2/c1-7-13-18-25-28(24,26-19-14-8-2)27-29(20-12-6,21-15-9-3,22-16-10-4)23-17-11-5/h7-23H2,1-6H3. The molecule has 0 aliphatic rings. The zero-order valence-electron chi connectivity index (χ0n) is 20.5. The van der Waals surface area contributed by atoms with Crippen molar-refractivity contribution < 1.29 is 17.9 Å². The van der Waals surface area contributed by atoms with Gasteiger partial charge in [-0.1, -0.05) is 0 Å². The molecule has 0 aromatic heterocycles. The van der Waals surface area contributed by atoms with Gasteiger partial charge in [-0.05, 0) is 0 Å². The van der Waals surface area contributed by atoms with Crippen molar-refractivity contribution in [3.8, 4) is 0 Å². The van der Waals surface area contributed by atoms with Gasteiger partial charge in [-0.25, -0.2) is 0 Å². The van der Waals surface area contributed by atoms with Crippen molar-refractivity contribution in [2.24, 2.45) is 0 Å². The SMILES string of the molecule is CCCCOP(=O)(OCCCC)OP(CCC)(CCCC)(CCCC)CCCC. The van der Waals surface area contributed by atoms with Gasteiger partial charge in [0.05, 0.1) is 0 Å². The summed E-state index contributed by atoms with van der Waals surface area (Å²) < 4.78 is 32.7. The van der Waals surface area contributed by atoms with Crippen LogP contribution in [0.5, 0.6) is 0 Å². The fourth-order valence-corrected chi connectivity index (χ4v) is 14.6. The van der Waals surface area contributed by atoms with E-state index in [1.54, 1.807) is 0 Å². The van der Waals surface area contributed by atoms with E-state index in [1.807, 2.05) is 0 Å². The first kappa shape index (κ1) is 29.5. The Hall–Kier alpha value is 0.540. The summed E-state index contributed by atoms with van der Waals surface area (Å²) in [5.41, 5.74) is 0. The Balaban J connectivity index is 6.02. The molecule has 6 heteroatoms. The molecule has 0 amide bonds. The average molecular weight is 455 g/mol. The van der Waals surface area contributed by atoms with Crippen molar-refractivity contribution in [1.29, 1.82) is 0 Å². The van der Waals surface area contributed by atoms with E-state index in [9.17, 15) is 4.57 Å². The average Bonchev–Trinajstić information content (AvgIpc) is 2.70. The molecule has 0 saturated carbocycles. The molecule has 0 atom stereocenters.